The lowest BCUT2D eigenvalue weighted by Crippen LogP contribution is -2.12. The van der Waals surface area contributed by atoms with Crippen molar-refractivity contribution in [2.75, 3.05) is 17.7 Å². The second-order valence-electron chi connectivity index (χ2n) is 6.97. The Morgan fingerprint density at radius 3 is 2.59 bits per heavy atom. The summed E-state index contributed by atoms with van der Waals surface area (Å²) in [7, 11) is 0. The third-order valence-electron chi connectivity index (χ3n) is 4.65. The van der Waals surface area contributed by atoms with Gasteiger partial charge in [-0.25, -0.2) is 9.97 Å². The first-order valence-corrected chi connectivity index (χ1v) is 12.3. The molecule has 0 saturated carbocycles. The molecule has 34 heavy (non-hydrogen) atoms. The van der Waals surface area contributed by atoms with Gasteiger partial charge in [0.2, 0.25) is 11.1 Å². The summed E-state index contributed by atoms with van der Waals surface area (Å²) in [5.41, 5.74) is 1.84. The van der Waals surface area contributed by atoms with Crippen LogP contribution in [0.1, 0.15) is 13.3 Å². The molecule has 0 bridgehead atoms. The van der Waals surface area contributed by atoms with Gasteiger partial charge < -0.3 is 18.9 Å². The van der Waals surface area contributed by atoms with Crippen molar-refractivity contribution >= 4 is 44.4 Å². The van der Waals surface area contributed by atoms with Crippen LogP contribution in [0.5, 0.6) is 5.75 Å². The van der Waals surface area contributed by atoms with E-state index < -0.39 is 0 Å². The highest BCUT2D eigenvalue weighted by atomic mass is 32.2. The molecule has 172 valence electrons. The first kappa shape index (κ1) is 22.1. The van der Waals surface area contributed by atoms with Gasteiger partial charge in [-0.05, 0) is 49.4 Å². The lowest BCUT2D eigenvalue weighted by molar-refractivity contribution is -0.115. The van der Waals surface area contributed by atoms with E-state index in [0.717, 1.165) is 16.0 Å². The van der Waals surface area contributed by atoms with Crippen molar-refractivity contribution in [2.45, 2.75) is 18.5 Å². The van der Waals surface area contributed by atoms with Crippen LogP contribution in [0, 0.1) is 0 Å². The number of thiazole rings is 1. The molecule has 0 fully saturated rings. The number of nitrogens with one attached hydrogen (secondary N) is 1. The van der Waals surface area contributed by atoms with Crippen molar-refractivity contribution in [2.24, 2.45) is 0 Å². The highest BCUT2D eigenvalue weighted by molar-refractivity contribution is 7.99. The molecule has 0 saturated heterocycles. The van der Waals surface area contributed by atoms with Crippen molar-refractivity contribution in [3.63, 3.8) is 0 Å². The first-order chi connectivity index (χ1) is 16.7. The molecule has 4 aromatic heterocycles. The normalized spacial score (nSPS) is 11.1. The quantitative estimate of drug-likeness (QED) is 0.265. The van der Waals surface area contributed by atoms with E-state index in [0.29, 0.717) is 45.6 Å². The van der Waals surface area contributed by atoms with Crippen molar-refractivity contribution in [1.29, 1.82) is 0 Å². The molecule has 0 unspecified atom stereocenters. The highest BCUT2D eigenvalue weighted by Crippen LogP contribution is 2.31. The molecule has 0 aliphatic carbocycles. The van der Waals surface area contributed by atoms with Crippen LogP contribution in [0.2, 0.25) is 0 Å². The van der Waals surface area contributed by atoms with E-state index in [-0.39, 0.29) is 12.3 Å². The number of carbonyl (C=O) groups is 1. The number of aromatic nitrogens is 4. The van der Waals surface area contributed by atoms with Gasteiger partial charge in [0, 0.05) is 12.2 Å². The summed E-state index contributed by atoms with van der Waals surface area (Å²) < 4.78 is 17.4. The average Bonchev–Trinajstić information content (AvgIpc) is 3.60. The number of hydrogen-bond acceptors (Lipinski definition) is 10. The average molecular weight is 494 g/mol. The summed E-state index contributed by atoms with van der Waals surface area (Å²) in [5, 5.41) is 12.3. The fourth-order valence-corrected chi connectivity index (χ4v) is 4.80. The molecular weight excluding hydrogens is 474 g/mol. The molecule has 0 aliphatic rings. The second kappa shape index (κ2) is 10.1. The number of anilines is 1. The van der Waals surface area contributed by atoms with Gasteiger partial charge in [0.25, 0.3) is 0 Å². The van der Waals surface area contributed by atoms with E-state index in [1.165, 1.54) is 23.1 Å². The van der Waals surface area contributed by atoms with Crippen LogP contribution < -0.4 is 10.1 Å². The van der Waals surface area contributed by atoms with Crippen molar-refractivity contribution in [3.8, 4) is 28.7 Å². The fourth-order valence-electron chi connectivity index (χ4n) is 3.17. The van der Waals surface area contributed by atoms with Crippen LogP contribution in [-0.2, 0) is 4.79 Å². The third kappa shape index (κ3) is 4.95. The zero-order valence-electron chi connectivity index (χ0n) is 18.1. The Hall–Kier alpha value is -3.70. The van der Waals surface area contributed by atoms with Crippen molar-refractivity contribution in [3.05, 3.63) is 55.0 Å². The first-order valence-electron chi connectivity index (χ1n) is 10.5. The maximum atomic E-state index is 12.4. The minimum absolute atomic E-state index is 0.136. The van der Waals surface area contributed by atoms with E-state index in [1.807, 2.05) is 25.1 Å². The molecule has 4 heterocycles. The third-order valence-corrected chi connectivity index (χ3v) is 6.43. The van der Waals surface area contributed by atoms with Gasteiger partial charge in [-0.2, -0.15) is 0 Å². The van der Waals surface area contributed by atoms with Crippen LogP contribution in [-0.4, -0.2) is 38.4 Å². The summed E-state index contributed by atoms with van der Waals surface area (Å²) in [6, 6.07) is 12.8. The fraction of sp³-hybridized carbons (Fsp3) is 0.174. The summed E-state index contributed by atoms with van der Waals surface area (Å²) in [5.74, 6) is 2.23. The predicted octanol–water partition coefficient (Wildman–Crippen LogP) is 5.52. The molecule has 0 radical (unpaired) electrons. The molecule has 1 amide bonds. The number of hydrogen-bond donors (Lipinski definition) is 1. The number of carbonyl (C=O) groups excluding carboxylic acids is 1. The second-order valence-corrected chi connectivity index (χ2v) is 9.07. The standard InChI is InChI=1S/C23H19N5O4S2/c1-2-30-14-7-8-15-18(13-14)34-22(24-15)25-19(29)9-12-33-23-26-20(16-5-3-10-31-16)21(27-28-23)17-6-4-11-32-17/h3-8,10-11,13H,2,9,12H2,1H3,(H,24,25,29). The molecule has 0 atom stereocenters. The molecule has 1 aromatic carbocycles. The lowest BCUT2D eigenvalue weighted by atomic mass is 10.2. The largest absolute Gasteiger partial charge is 0.494 e. The molecule has 0 aliphatic heterocycles. The maximum Gasteiger partial charge on any atom is 0.226 e. The van der Waals surface area contributed by atoms with Crippen molar-refractivity contribution in [1.82, 2.24) is 20.2 Å². The SMILES string of the molecule is CCOc1ccc2nc(NC(=O)CCSc3nnc(-c4ccco4)c(-c4ccco4)n3)sc2c1. The van der Waals surface area contributed by atoms with Gasteiger partial charge in [-0.3, -0.25) is 4.79 Å². The zero-order valence-corrected chi connectivity index (χ0v) is 19.7. The van der Waals surface area contributed by atoms with Crippen LogP contribution in [0.4, 0.5) is 5.13 Å². The monoisotopic (exact) mass is 493 g/mol. The Morgan fingerprint density at radius 1 is 1.06 bits per heavy atom. The van der Waals surface area contributed by atoms with Crippen LogP contribution >= 0.6 is 23.1 Å². The number of benzene rings is 1. The topological polar surface area (TPSA) is 116 Å². The van der Waals surface area contributed by atoms with E-state index in [4.69, 9.17) is 13.6 Å². The predicted molar refractivity (Wildman–Crippen MR) is 130 cm³/mol. The van der Waals surface area contributed by atoms with Gasteiger partial charge >= 0.3 is 0 Å². The Kier molecular flexibility index (Phi) is 6.54. The molecule has 9 nitrogen and oxygen atoms in total. The van der Waals surface area contributed by atoms with Gasteiger partial charge in [0.05, 0.1) is 29.3 Å². The molecular formula is C23H19N5O4S2. The van der Waals surface area contributed by atoms with Crippen molar-refractivity contribution < 1.29 is 18.4 Å². The number of fused-ring (bicyclic) bond motifs is 1. The van der Waals surface area contributed by atoms with Crippen LogP contribution in [0.25, 0.3) is 33.1 Å². The Morgan fingerprint density at radius 2 is 1.85 bits per heavy atom. The van der Waals surface area contributed by atoms with Gasteiger partial charge in [0.1, 0.15) is 11.4 Å². The molecule has 1 N–H and O–H groups in total. The Labute approximate surface area is 202 Å². The Balaban J connectivity index is 1.22. The number of furan rings is 2. The summed E-state index contributed by atoms with van der Waals surface area (Å²) in [6.07, 6.45) is 3.40. The smallest absolute Gasteiger partial charge is 0.226 e. The van der Waals surface area contributed by atoms with E-state index >= 15 is 0 Å². The van der Waals surface area contributed by atoms with Crippen LogP contribution in [0.15, 0.2) is 69.0 Å². The minimum atomic E-state index is -0.136. The number of ether oxygens (including phenoxy) is 1. The number of rotatable bonds is 9. The molecule has 0 spiro atoms. The number of thioether (sulfide) groups is 1. The summed E-state index contributed by atoms with van der Waals surface area (Å²) >= 11 is 2.75. The van der Waals surface area contributed by atoms with Gasteiger partial charge in [-0.15, -0.1) is 10.2 Å². The summed E-state index contributed by atoms with van der Waals surface area (Å²) in [6.45, 7) is 2.53. The van der Waals surface area contributed by atoms with Gasteiger partial charge in [0.15, 0.2) is 22.3 Å². The van der Waals surface area contributed by atoms with E-state index in [2.05, 4.69) is 25.5 Å². The van der Waals surface area contributed by atoms with Crippen LogP contribution in [0.3, 0.4) is 0 Å². The number of amides is 1. The minimum Gasteiger partial charge on any atom is -0.494 e. The summed E-state index contributed by atoms with van der Waals surface area (Å²) in [4.78, 5) is 21.5. The van der Waals surface area contributed by atoms with E-state index in [1.54, 1.807) is 36.8 Å². The molecule has 5 rings (SSSR count). The zero-order chi connectivity index (χ0) is 23.3. The highest BCUT2D eigenvalue weighted by Gasteiger charge is 2.18. The van der Waals surface area contributed by atoms with Gasteiger partial charge in [-0.1, -0.05) is 23.1 Å². The van der Waals surface area contributed by atoms with E-state index in [9.17, 15) is 4.79 Å². The molecule has 5 aromatic rings. The molecule has 11 heteroatoms. The number of nitrogens with zero attached hydrogens (tertiary/aromatic N) is 4. The Bertz CT molecular complexity index is 1400. The maximum absolute atomic E-state index is 12.4. The lowest BCUT2D eigenvalue weighted by Gasteiger charge is -2.05.